The largest absolute Gasteiger partial charge is 0.486 e. The number of hydrazone groups is 1. The molecule has 0 aliphatic carbocycles. The van der Waals surface area contributed by atoms with Crippen molar-refractivity contribution in [3.8, 4) is 22.7 Å². The Bertz CT molecular complexity index is 1660. The molecule has 1 aromatic heterocycles. The summed E-state index contributed by atoms with van der Waals surface area (Å²) in [7, 11) is 0. The molecule has 40 heavy (non-hydrogen) atoms. The van der Waals surface area contributed by atoms with Crippen molar-refractivity contribution in [1.82, 2.24) is 9.99 Å². The van der Waals surface area contributed by atoms with E-state index in [1.54, 1.807) is 24.4 Å². The number of nitrogens with one attached hydrogen (secondary N) is 1. The maximum atomic E-state index is 12.7. The van der Waals surface area contributed by atoms with Gasteiger partial charge < -0.3 is 9.30 Å². The summed E-state index contributed by atoms with van der Waals surface area (Å²) in [6.45, 7) is 4.51. The fourth-order valence-corrected chi connectivity index (χ4v) is 5.45. The average molecular weight is 613 g/mol. The molecule has 0 radical (unpaired) electrons. The number of hydrogen-bond donors (Lipinski definition) is 1. The van der Waals surface area contributed by atoms with Crippen LogP contribution in [0.4, 0.5) is 0 Å². The molecule has 7 heteroatoms. The quantitative estimate of drug-likeness (QED) is 0.141. The smallest absolute Gasteiger partial charge is 0.271 e. The highest BCUT2D eigenvalue weighted by Crippen LogP contribution is 2.35. The summed E-state index contributed by atoms with van der Waals surface area (Å²) in [4.78, 5) is 12.7. The molecule has 0 atom stereocenters. The van der Waals surface area contributed by atoms with Gasteiger partial charge in [-0.1, -0.05) is 71.8 Å². The molecular weight excluding hydrogens is 586 g/mol. The molecule has 200 valence electrons. The lowest BCUT2D eigenvalue weighted by molar-refractivity contribution is 0.0955. The first kappa shape index (κ1) is 27.4. The van der Waals surface area contributed by atoms with E-state index in [1.807, 2.05) is 61.5 Å². The maximum absolute atomic E-state index is 12.7. The summed E-state index contributed by atoms with van der Waals surface area (Å²) in [6, 6.07) is 33.6. The van der Waals surface area contributed by atoms with Gasteiger partial charge in [0, 0.05) is 16.9 Å². The predicted octanol–water partition coefficient (Wildman–Crippen LogP) is 8.52. The highest BCUT2D eigenvalue weighted by molar-refractivity contribution is 9.10. The average Bonchev–Trinajstić information content (AvgIpc) is 3.34. The molecule has 0 aliphatic rings. The van der Waals surface area contributed by atoms with Crippen LogP contribution in [0.3, 0.4) is 0 Å². The van der Waals surface area contributed by atoms with Crippen molar-refractivity contribution in [3.63, 3.8) is 0 Å². The van der Waals surface area contributed by atoms with Crippen LogP contribution in [0.2, 0.25) is 5.02 Å². The second-order valence-corrected chi connectivity index (χ2v) is 10.7. The molecule has 0 unspecified atom stereocenters. The van der Waals surface area contributed by atoms with Crippen molar-refractivity contribution in [2.24, 2.45) is 5.10 Å². The van der Waals surface area contributed by atoms with Gasteiger partial charge in [-0.15, -0.1) is 0 Å². The van der Waals surface area contributed by atoms with Crippen LogP contribution >= 0.6 is 27.5 Å². The van der Waals surface area contributed by atoms with Gasteiger partial charge in [0.05, 0.1) is 21.4 Å². The SMILES string of the molecule is Cc1cccc(COc2c(Cl)cc(/C=N/NC(=O)c3ccc(-n4c(C)ccc4-c4ccccc4)cc3)cc2Br)c1. The second-order valence-electron chi connectivity index (χ2n) is 9.40. The molecule has 0 aliphatic heterocycles. The number of carbonyl (C=O) groups is 1. The van der Waals surface area contributed by atoms with Gasteiger partial charge in [-0.2, -0.15) is 5.10 Å². The summed E-state index contributed by atoms with van der Waals surface area (Å²) in [5.74, 6) is 0.247. The Morgan fingerprint density at radius 3 is 2.45 bits per heavy atom. The van der Waals surface area contributed by atoms with Crippen molar-refractivity contribution in [2.75, 3.05) is 0 Å². The Labute approximate surface area is 247 Å². The fourth-order valence-electron chi connectivity index (χ4n) is 4.46. The molecule has 5 rings (SSSR count). The van der Waals surface area contributed by atoms with E-state index < -0.39 is 0 Å². The van der Waals surface area contributed by atoms with E-state index in [-0.39, 0.29) is 5.91 Å². The molecule has 0 fully saturated rings. The van der Waals surface area contributed by atoms with Gasteiger partial charge in [-0.05, 0) is 95.0 Å². The summed E-state index contributed by atoms with van der Waals surface area (Å²) in [6.07, 6.45) is 1.54. The molecule has 1 N–H and O–H groups in total. The van der Waals surface area contributed by atoms with Crippen molar-refractivity contribution in [3.05, 3.63) is 141 Å². The number of amides is 1. The van der Waals surface area contributed by atoms with E-state index in [1.165, 1.54) is 5.56 Å². The van der Waals surface area contributed by atoms with Crippen molar-refractivity contribution in [2.45, 2.75) is 20.5 Å². The predicted molar refractivity (Wildman–Crippen MR) is 166 cm³/mol. The molecule has 5 nitrogen and oxygen atoms in total. The number of rotatable bonds is 8. The molecule has 0 saturated carbocycles. The highest BCUT2D eigenvalue weighted by atomic mass is 79.9. The topological polar surface area (TPSA) is 55.6 Å². The number of ether oxygens (including phenoxy) is 1. The van der Waals surface area contributed by atoms with Gasteiger partial charge in [0.15, 0.2) is 5.75 Å². The van der Waals surface area contributed by atoms with Crippen LogP contribution in [0.1, 0.15) is 32.7 Å². The van der Waals surface area contributed by atoms with E-state index in [4.69, 9.17) is 16.3 Å². The number of aromatic nitrogens is 1. The van der Waals surface area contributed by atoms with Crippen LogP contribution in [-0.2, 0) is 6.61 Å². The first-order chi connectivity index (χ1) is 19.4. The molecule has 5 aromatic rings. The van der Waals surface area contributed by atoms with Gasteiger partial charge >= 0.3 is 0 Å². The van der Waals surface area contributed by atoms with Crippen LogP contribution in [0.15, 0.2) is 113 Å². The molecule has 1 amide bonds. The zero-order chi connectivity index (χ0) is 28.1. The first-order valence-electron chi connectivity index (χ1n) is 12.7. The van der Waals surface area contributed by atoms with Crippen molar-refractivity contribution >= 4 is 39.7 Å². The molecule has 0 spiro atoms. The summed E-state index contributed by atoms with van der Waals surface area (Å²) < 4.78 is 8.82. The van der Waals surface area contributed by atoms with Gasteiger partial charge in [-0.25, -0.2) is 5.43 Å². The summed E-state index contributed by atoms with van der Waals surface area (Å²) in [5.41, 5.74) is 10.3. The minimum Gasteiger partial charge on any atom is -0.486 e. The fraction of sp³-hybridized carbons (Fsp3) is 0.0909. The highest BCUT2D eigenvalue weighted by Gasteiger charge is 2.12. The van der Waals surface area contributed by atoms with E-state index in [2.05, 4.69) is 68.3 Å². The third kappa shape index (κ3) is 6.36. The zero-order valence-corrected chi connectivity index (χ0v) is 24.4. The van der Waals surface area contributed by atoms with Crippen molar-refractivity contribution in [1.29, 1.82) is 0 Å². The van der Waals surface area contributed by atoms with Gasteiger partial charge in [-0.3, -0.25) is 4.79 Å². The van der Waals surface area contributed by atoms with E-state index >= 15 is 0 Å². The molecule has 0 saturated heterocycles. The Morgan fingerprint density at radius 2 is 1.73 bits per heavy atom. The van der Waals surface area contributed by atoms with Crippen LogP contribution in [-0.4, -0.2) is 16.7 Å². The van der Waals surface area contributed by atoms with Crippen molar-refractivity contribution < 1.29 is 9.53 Å². The van der Waals surface area contributed by atoms with Crippen LogP contribution in [0.5, 0.6) is 5.75 Å². The lowest BCUT2D eigenvalue weighted by Gasteiger charge is -2.13. The number of benzene rings is 4. The monoisotopic (exact) mass is 611 g/mol. The molecule has 4 aromatic carbocycles. The second kappa shape index (κ2) is 12.4. The van der Waals surface area contributed by atoms with E-state index in [0.717, 1.165) is 28.2 Å². The molecular formula is C33H27BrClN3O2. The zero-order valence-electron chi connectivity index (χ0n) is 22.1. The van der Waals surface area contributed by atoms with Crippen LogP contribution in [0, 0.1) is 13.8 Å². The van der Waals surface area contributed by atoms with Crippen LogP contribution in [0.25, 0.3) is 16.9 Å². The Hall–Kier alpha value is -4.13. The third-order valence-corrected chi connectivity index (χ3v) is 7.27. The number of nitrogens with zero attached hydrogens (tertiary/aromatic N) is 2. The standard InChI is InChI=1S/C33H27BrClN3O2/c1-22-7-6-8-24(17-22)21-40-32-29(34)18-25(19-30(32)35)20-36-37-33(39)27-12-14-28(15-13-27)38-23(2)11-16-31(38)26-9-4-3-5-10-26/h3-20H,21H2,1-2H3,(H,37,39)/b36-20+. The number of hydrogen-bond acceptors (Lipinski definition) is 3. The number of halogens is 2. The van der Waals surface area contributed by atoms with Gasteiger partial charge in [0.1, 0.15) is 6.61 Å². The molecule has 1 heterocycles. The van der Waals surface area contributed by atoms with Gasteiger partial charge in [0.2, 0.25) is 0 Å². The normalized spacial score (nSPS) is 11.1. The number of aryl methyl sites for hydroxylation is 2. The van der Waals surface area contributed by atoms with E-state index in [0.29, 0.717) is 33.0 Å². The summed E-state index contributed by atoms with van der Waals surface area (Å²) in [5, 5.41) is 4.57. The Morgan fingerprint density at radius 1 is 0.950 bits per heavy atom. The maximum Gasteiger partial charge on any atom is 0.271 e. The number of carbonyl (C=O) groups excluding carboxylic acids is 1. The Kier molecular flexibility index (Phi) is 8.48. The minimum atomic E-state index is -0.307. The molecule has 0 bridgehead atoms. The lowest BCUT2D eigenvalue weighted by Crippen LogP contribution is -2.17. The van der Waals surface area contributed by atoms with Gasteiger partial charge in [0.25, 0.3) is 5.91 Å². The third-order valence-electron chi connectivity index (χ3n) is 6.40. The first-order valence-corrected chi connectivity index (χ1v) is 13.9. The lowest BCUT2D eigenvalue weighted by atomic mass is 10.1. The minimum absolute atomic E-state index is 0.307. The van der Waals surface area contributed by atoms with Crippen LogP contribution < -0.4 is 10.2 Å². The Balaban J connectivity index is 1.23. The van der Waals surface area contributed by atoms with E-state index in [9.17, 15) is 4.79 Å². The summed E-state index contributed by atoms with van der Waals surface area (Å²) >= 11 is 10.0.